The SMILES string of the molecule is Cc1cc(CNS(=O)(=O)c2ccc(F)c(F)c2F)ccc1F. The monoisotopic (exact) mass is 333 g/mol. The molecule has 22 heavy (non-hydrogen) atoms. The van der Waals surface area contributed by atoms with Gasteiger partial charge in [0.05, 0.1) is 0 Å². The zero-order chi connectivity index (χ0) is 16.5. The number of halogens is 4. The molecule has 0 amide bonds. The van der Waals surface area contributed by atoms with Crippen molar-refractivity contribution in [2.24, 2.45) is 0 Å². The van der Waals surface area contributed by atoms with E-state index in [1.807, 2.05) is 4.72 Å². The lowest BCUT2D eigenvalue weighted by molar-refractivity contribution is 0.431. The van der Waals surface area contributed by atoms with Gasteiger partial charge in [-0.2, -0.15) is 0 Å². The molecule has 0 aliphatic carbocycles. The lowest BCUT2D eigenvalue weighted by Gasteiger charge is -2.09. The van der Waals surface area contributed by atoms with Gasteiger partial charge in [-0.25, -0.2) is 30.7 Å². The van der Waals surface area contributed by atoms with Gasteiger partial charge in [0.1, 0.15) is 10.7 Å². The zero-order valence-corrected chi connectivity index (χ0v) is 12.1. The van der Waals surface area contributed by atoms with Crippen molar-refractivity contribution in [1.29, 1.82) is 0 Å². The molecule has 0 aliphatic heterocycles. The molecule has 0 aromatic heterocycles. The van der Waals surface area contributed by atoms with Gasteiger partial charge in [-0.15, -0.1) is 0 Å². The molecule has 0 saturated carbocycles. The maximum atomic E-state index is 13.5. The highest BCUT2D eigenvalue weighted by molar-refractivity contribution is 7.89. The van der Waals surface area contributed by atoms with Gasteiger partial charge in [-0.05, 0) is 36.2 Å². The third kappa shape index (κ3) is 3.28. The van der Waals surface area contributed by atoms with Crippen molar-refractivity contribution in [3.63, 3.8) is 0 Å². The van der Waals surface area contributed by atoms with Crippen LogP contribution in [-0.2, 0) is 16.6 Å². The predicted molar refractivity (Wildman–Crippen MR) is 71.5 cm³/mol. The summed E-state index contributed by atoms with van der Waals surface area (Å²) in [6, 6.07) is 5.09. The number of hydrogen-bond acceptors (Lipinski definition) is 2. The number of hydrogen-bond donors (Lipinski definition) is 1. The molecule has 0 aliphatic rings. The topological polar surface area (TPSA) is 46.2 Å². The first kappa shape index (κ1) is 16.4. The van der Waals surface area contributed by atoms with Gasteiger partial charge >= 0.3 is 0 Å². The summed E-state index contributed by atoms with van der Waals surface area (Å²) in [4.78, 5) is -0.995. The number of benzene rings is 2. The van der Waals surface area contributed by atoms with Crippen LogP contribution in [0.2, 0.25) is 0 Å². The van der Waals surface area contributed by atoms with E-state index < -0.39 is 38.2 Å². The molecule has 0 fully saturated rings. The van der Waals surface area contributed by atoms with E-state index in [1.165, 1.54) is 19.1 Å². The molecule has 2 aromatic carbocycles. The summed E-state index contributed by atoms with van der Waals surface area (Å²) in [5.41, 5.74) is 0.751. The minimum atomic E-state index is -4.38. The van der Waals surface area contributed by atoms with Gasteiger partial charge in [0.15, 0.2) is 17.5 Å². The van der Waals surface area contributed by atoms with Crippen LogP contribution in [0.5, 0.6) is 0 Å². The van der Waals surface area contributed by atoms with Crippen LogP contribution in [0.25, 0.3) is 0 Å². The quantitative estimate of drug-likeness (QED) is 0.690. The van der Waals surface area contributed by atoms with E-state index in [4.69, 9.17) is 0 Å². The molecule has 3 nitrogen and oxygen atoms in total. The molecule has 2 aromatic rings. The minimum Gasteiger partial charge on any atom is -0.207 e. The minimum absolute atomic E-state index is 0.248. The van der Waals surface area contributed by atoms with Gasteiger partial charge in [-0.1, -0.05) is 12.1 Å². The van der Waals surface area contributed by atoms with Crippen molar-refractivity contribution in [2.75, 3.05) is 0 Å². The third-order valence-electron chi connectivity index (χ3n) is 2.98. The second-order valence-electron chi connectivity index (χ2n) is 4.58. The summed E-state index contributed by atoms with van der Waals surface area (Å²) < 4.78 is 78.4. The van der Waals surface area contributed by atoms with Crippen LogP contribution in [0.1, 0.15) is 11.1 Å². The van der Waals surface area contributed by atoms with Crippen molar-refractivity contribution in [1.82, 2.24) is 4.72 Å². The van der Waals surface area contributed by atoms with Crippen molar-refractivity contribution < 1.29 is 26.0 Å². The predicted octanol–water partition coefficient (Wildman–Crippen LogP) is 3.03. The third-order valence-corrected chi connectivity index (χ3v) is 4.40. The summed E-state index contributed by atoms with van der Waals surface area (Å²) in [5, 5.41) is 0. The zero-order valence-electron chi connectivity index (χ0n) is 11.3. The summed E-state index contributed by atoms with van der Waals surface area (Å²) in [5.74, 6) is -5.58. The Morgan fingerprint density at radius 1 is 0.955 bits per heavy atom. The first-order valence-electron chi connectivity index (χ1n) is 6.10. The van der Waals surface area contributed by atoms with E-state index in [0.29, 0.717) is 23.3 Å². The Bertz CT molecular complexity index is 822. The summed E-state index contributed by atoms with van der Waals surface area (Å²) in [6.07, 6.45) is 0. The number of nitrogens with one attached hydrogen (secondary N) is 1. The van der Waals surface area contributed by atoms with Crippen molar-refractivity contribution in [3.05, 3.63) is 64.7 Å². The highest BCUT2D eigenvalue weighted by Gasteiger charge is 2.23. The molecular weight excluding hydrogens is 322 g/mol. The van der Waals surface area contributed by atoms with E-state index in [2.05, 4.69) is 0 Å². The van der Waals surface area contributed by atoms with Crippen LogP contribution >= 0.6 is 0 Å². The van der Waals surface area contributed by atoms with E-state index in [1.54, 1.807) is 0 Å². The summed E-state index contributed by atoms with van der Waals surface area (Å²) in [7, 11) is -4.38. The molecule has 1 N–H and O–H groups in total. The van der Waals surface area contributed by atoms with Crippen LogP contribution in [0, 0.1) is 30.2 Å². The Hall–Kier alpha value is -1.93. The Labute approximate surface area is 124 Å². The Kier molecular flexibility index (Phi) is 4.52. The van der Waals surface area contributed by atoms with E-state index in [9.17, 15) is 26.0 Å². The van der Waals surface area contributed by atoms with Crippen LogP contribution in [-0.4, -0.2) is 8.42 Å². The number of aryl methyl sites for hydroxylation is 1. The maximum absolute atomic E-state index is 13.5. The fourth-order valence-electron chi connectivity index (χ4n) is 1.79. The highest BCUT2D eigenvalue weighted by atomic mass is 32.2. The van der Waals surface area contributed by atoms with E-state index in [0.717, 1.165) is 6.07 Å². The Morgan fingerprint density at radius 2 is 1.59 bits per heavy atom. The Morgan fingerprint density at radius 3 is 2.23 bits per heavy atom. The molecule has 0 heterocycles. The molecule has 0 radical (unpaired) electrons. The van der Waals surface area contributed by atoms with Crippen molar-refractivity contribution in [2.45, 2.75) is 18.4 Å². The molecule has 8 heteroatoms. The fraction of sp³-hybridized carbons (Fsp3) is 0.143. The molecule has 0 spiro atoms. The van der Waals surface area contributed by atoms with Gasteiger partial charge in [0.25, 0.3) is 0 Å². The Balaban J connectivity index is 2.25. The molecule has 118 valence electrons. The molecule has 0 unspecified atom stereocenters. The molecular formula is C14H11F4NO2S. The second-order valence-corrected chi connectivity index (χ2v) is 6.32. The smallest absolute Gasteiger partial charge is 0.207 e. The van der Waals surface area contributed by atoms with Gasteiger partial charge < -0.3 is 0 Å². The number of rotatable bonds is 4. The second kappa shape index (κ2) is 6.05. The molecule has 0 saturated heterocycles. The van der Waals surface area contributed by atoms with Crippen LogP contribution in [0.4, 0.5) is 17.6 Å². The lowest BCUT2D eigenvalue weighted by atomic mass is 10.1. The molecule has 0 bridgehead atoms. The number of sulfonamides is 1. The highest BCUT2D eigenvalue weighted by Crippen LogP contribution is 2.20. The maximum Gasteiger partial charge on any atom is 0.243 e. The van der Waals surface area contributed by atoms with Crippen LogP contribution in [0.15, 0.2) is 35.2 Å². The summed E-state index contributed by atoms with van der Waals surface area (Å²) in [6.45, 7) is 1.25. The van der Waals surface area contributed by atoms with Crippen molar-refractivity contribution >= 4 is 10.0 Å². The molecule has 2 rings (SSSR count). The van der Waals surface area contributed by atoms with Crippen molar-refractivity contribution in [3.8, 4) is 0 Å². The summed E-state index contributed by atoms with van der Waals surface area (Å²) >= 11 is 0. The average Bonchev–Trinajstić information content (AvgIpc) is 2.46. The average molecular weight is 333 g/mol. The normalized spacial score (nSPS) is 11.7. The van der Waals surface area contributed by atoms with Gasteiger partial charge in [-0.3, -0.25) is 0 Å². The lowest BCUT2D eigenvalue weighted by Crippen LogP contribution is -2.24. The van der Waals surface area contributed by atoms with E-state index >= 15 is 0 Å². The molecule has 0 atom stereocenters. The first-order chi connectivity index (χ1) is 10.2. The van der Waals surface area contributed by atoms with E-state index in [-0.39, 0.29) is 6.54 Å². The fourth-order valence-corrected chi connectivity index (χ4v) is 2.87. The van der Waals surface area contributed by atoms with Crippen LogP contribution < -0.4 is 4.72 Å². The van der Waals surface area contributed by atoms with Gasteiger partial charge in [0.2, 0.25) is 10.0 Å². The van der Waals surface area contributed by atoms with Crippen LogP contribution in [0.3, 0.4) is 0 Å². The first-order valence-corrected chi connectivity index (χ1v) is 7.59. The van der Waals surface area contributed by atoms with Gasteiger partial charge in [0, 0.05) is 6.54 Å². The largest absolute Gasteiger partial charge is 0.243 e. The standard InChI is InChI=1S/C14H11F4NO2S/c1-8-6-9(2-3-10(8)15)7-19-22(20,21)12-5-4-11(16)13(17)14(12)18/h2-6,19H,7H2,1H3.